The van der Waals surface area contributed by atoms with Crippen LogP contribution in [0.25, 0.3) is 0 Å². The minimum atomic E-state index is -0.891. The van der Waals surface area contributed by atoms with Gasteiger partial charge in [-0.3, -0.25) is 4.79 Å². The third kappa shape index (κ3) is 2.86. The molecule has 0 aromatic carbocycles. The van der Waals surface area contributed by atoms with E-state index in [0.29, 0.717) is 42.3 Å². The van der Waals surface area contributed by atoms with Crippen molar-refractivity contribution < 1.29 is 14.5 Å². The predicted molar refractivity (Wildman–Crippen MR) is 113 cm³/mol. The van der Waals surface area contributed by atoms with Crippen molar-refractivity contribution in [2.75, 3.05) is 12.3 Å². The van der Waals surface area contributed by atoms with Crippen molar-refractivity contribution in [3.63, 3.8) is 0 Å². The molecular weight excluding hydrogens is 370 g/mol. The van der Waals surface area contributed by atoms with Crippen LogP contribution in [0.4, 0.5) is 0 Å². The van der Waals surface area contributed by atoms with Crippen LogP contribution < -0.4 is 5.73 Å². The monoisotopic (exact) mass is 409 g/mol. The smallest absolute Gasteiger partial charge is 0.139 e. The predicted octanol–water partition coefficient (Wildman–Crippen LogP) is 3.43. The van der Waals surface area contributed by atoms with Crippen LogP contribution in [-0.2, 0) is 16.0 Å². The molecular formula is C23H39NO3S. The molecule has 28 heavy (non-hydrogen) atoms. The van der Waals surface area contributed by atoms with E-state index in [1.54, 1.807) is 0 Å². The maximum atomic E-state index is 12.8. The van der Waals surface area contributed by atoms with Crippen LogP contribution in [0.15, 0.2) is 0 Å². The van der Waals surface area contributed by atoms with Crippen molar-refractivity contribution >= 4 is 17.0 Å². The second kappa shape index (κ2) is 7.25. The lowest BCUT2D eigenvalue weighted by Crippen LogP contribution is -2.66. The molecule has 4 aliphatic carbocycles. The number of fused-ring (bicyclic) bond motifs is 5. The fraction of sp³-hybridized carbons (Fsp3) is 0.957. The van der Waals surface area contributed by atoms with Gasteiger partial charge in [-0.15, -0.1) is 0 Å². The first kappa shape index (κ1) is 21.1. The summed E-state index contributed by atoms with van der Waals surface area (Å²) in [7, 11) is 0. The molecule has 4 rings (SSSR count). The van der Waals surface area contributed by atoms with Crippen molar-refractivity contribution in [1.29, 1.82) is 0 Å². The van der Waals surface area contributed by atoms with E-state index in [1.165, 1.54) is 0 Å². The van der Waals surface area contributed by atoms with E-state index in [0.717, 1.165) is 51.4 Å². The minimum absolute atomic E-state index is 0.102. The average molecular weight is 410 g/mol. The molecule has 0 amide bonds. The van der Waals surface area contributed by atoms with Gasteiger partial charge in [0.25, 0.3) is 0 Å². The summed E-state index contributed by atoms with van der Waals surface area (Å²) < 4.78 is 12.8. The molecule has 9 atom stereocenters. The number of ketones is 1. The summed E-state index contributed by atoms with van der Waals surface area (Å²) in [4.78, 5) is 12.6. The second-order valence-electron chi connectivity index (χ2n) is 10.9. The minimum Gasteiger partial charge on any atom is -0.616 e. The Kier molecular flexibility index (Phi) is 5.47. The summed E-state index contributed by atoms with van der Waals surface area (Å²) in [6.45, 7) is 7.33. The van der Waals surface area contributed by atoms with Crippen LogP contribution in [0.2, 0.25) is 0 Å². The molecule has 4 aliphatic rings. The van der Waals surface area contributed by atoms with Gasteiger partial charge in [0.2, 0.25) is 0 Å². The Morgan fingerprint density at radius 3 is 2.68 bits per heavy atom. The van der Waals surface area contributed by atoms with Crippen molar-refractivity contribution in [3.05, 3.63) is 0 Å². The maximum Gasteiger partial charge on any atom is 0.139 e. The Morgan fingerprint density at radius 2 is 1.96 bits per heavy atom. The molecule has 160 valence electrons. The lowest BCUT2D eigenvalue weighted by atomic mass is 9.41. The Bertz CT molecular complexity index is 629. The molecule has 0 bridgehead atoms. The third-order valence-electron chi connectivity index (χ3n) is 9.84. The van der Waals surface area contributed by atoms with Crippen LogP contribution in [-0.4, -0.2) is 38.6 Å². The number of hydrogen-bond acceptors (Lipinski definition) is 4. The highest BCUT2D eigenvalue weighted by Crippen LogP contribution is 2.68. The lowest BCUT2D eigenvalue weighted by molar-refractivity contribution is -0.227. The van der Waals surface area contributed by atoms with Crippen molar-refractivity contribution in [2.45, 2.75) is 89.4 Å². The van der Waals surface area contributed by atoms with Gasteiger partial charge in [-0.1, -0.05) is 31.9 Å². The fourth-order valence-electron chi connectivity index (χ4n) is 8.03. The molecule has 0 heterocycles. The lowest BCUT2D eigenvalue weighted by Gasteiger charge is -2.65. The first-order chi connectivity index (χ1) is 13.2. The number of hydrogen-bond donors (Lipinski definition) is 2. The van der Waals surface area contributed by atoms with Gasteiger partial charge in [0.05, 0.1) is 5.60 Å². The van der Waals surface area contributed by atoms with Crippen LogP contribution in [0.5, 0.6) is 0 Å². The maximum absolute atomic E-state index is 12.8. The summed E-state index contributed by atoms with van der Waals surface area (Å²) in [6, 6.07) is 0. The van der Waals surface area contributed by atoms with Crippen LogP contribution >= 0.6 is 0 Å². The molecule has 0 saturated heterocycles. The summed E-state index contributed by atoms with van der Waals surface area (Å²) in [5, 5.41) is 12.1. The Hall–Kier alpha value is -0.100. The second-order valence-corrected chi connectivity index (χ2v) is 12.7. The first-order valence-electron chi connectivity index (χ1n) is 11.5. The van der Waals surface area contributed by atoms with Gasteiger partial charge >= 0.3 is 0 Å². The summed E-state index contributed by atoms with van der Waals surface area (Å²) in [6.07, 6.45) is 8.26. The molecule has 0 radical (unpaired) electrons. The number of carbonyl (C=O) groups excluding carboxylic acids is 1. The number of rotatable bonds is 4. The summed E-state index contributed by atoms with van der Waals surface area (Å²) in [5.74, 6) is 2.90. The molecule has 0 spiro atoms. The van der Waals surface area contributed by atoms with Gasteiger partial charge < -0.3 is 15.4 Å². The van der Waals surface area contributed by atoms with Gasteiger partial charge in [-0.2, -0.15) is 0 Å². The summed E-state index contributed by atoms with van der Waals surface area (Å²) in [5.41, 5.74) is 4.65. The molecule has 4 nitrogen and oxygen atoms in total. The molecule has 3 N–H and O–H groups in total. The normalized spacial score (nSPS) is 51.9. The molecule has 0 aromatic rings. The van der Waals surface area contributed by atoms with Crippen LogP contribution in [0.3, 0.4) is 0 Å². The van der Waals surface area contributed by atoms with Crippen molar-refractivity contribution in [3.8, 4) is 0 Å². The quantitative estimate of drug-likeness (QED) is 0.697. The Labute approximate surface area is 173 Å². The largest absolute Gasteiger partial charge is 0.616 e. The zero-order valence-corrected chi connectivity index (χ0v) is 18.7. The van der Waals surface area contributed by atoms with Crippen molar-refractivity contribution in [2.24, 2.45) is 40.2 Å². The topological polar surface area (TPSA) is 86.4 Å². The average Bonchev–Trinajstić information content (AvgIpc) is 2.96. The van der Waals surface area contributed by atoms with Gasteiger partial charge in [-0.25, -0.2) is 0 Å². The highest BCUT2D eigenvalue weighted by molar-refractivity contribution is 7.92. The van der Waals surface area contributed by atoms with E-state index in [-0.39, 0.29) is 22.0 Å². The van der Waals surface area contributed by atoms with E-state index in [9.17, 15) is 14.5 Å². The molecule has 0 aromatic heterocycles. The third-order valence-corrected chi connectivity index (χ3v) is 11.7. The number of carbonyl (C=O) groups is 1. The van der Waals surface area contributed by atoms with Crippen molar-refractivity contribution in [1.82, 2.24) is 0 Å². The Morgan fingerprint density at radius 1 is 1.21 bits per heavy atom. The van der Waals surface area contributed by atoms with E-state index >= 15 is 0 Å². The number of aliphatic hydroxyl groups is 1. The van der Waals surface area contributed by atoms with E-state index in [4.69, 9.17) is 5.73 Å². The van der Waals surface area contributed by atoms with E-state index < -0.39 is 16.8 Å². The molecule has 4 saturated carbocycles. The SMILES string of the molecule is C[C@H]1C[C@H]2[C@@H]3CCC(=O)[C@@]3(C)CC[C@@H]2[C@@]2(C)CC[C@H]([S+]([O-])CCCN)C[C@]12O. The van der Waals surface area contributed by atoms with Gasteiger partial charge in [0, 0.05) is 30.1 Å². The zero-order valence-electron chi connectivity index (χ0n) is 17.9. The highest BCUT2D eigenvalue weighted by Gasteiger charge is 2.67. The standard InChI is InChI=1S/C23H39NO3S/c1-15-13-17-18-5-6-20(25)21(18,2)9-8-19(17)22(3)10-7-16(14-23(15,22)26)28(27)12-4-11-24/h15-19,26H,4-14,24H2,1-3H3/t15-,16-,17-,18-,19-,21-,22+,23-,28?/m0/s1. The van der Waals surface area contributed by atoms with Gasteiger partial charge in [0.1, 0.15) is 16.8 Å². The summed E-state index contributed by atoms with van der Waals surface area (Å²) >= 11 is -0.891. The van der Waals surface area contributed by atoms with Gasteiger partial charge in [-0.05, 0) is 68.7 Å². The fourth-order valence-corrected chi connectivity index (χ4v) is 9.63. The molecule has 4 fully saturated rings. The highest BCUT2D eigenvalue weighted by atomic mass is 32.2. The molecule has 0 aliphatic heterocycles. The van der Waals surface area contributed by atoms with Crippen LogP contribution in [0.1, 0.15) is 78.6 Å². The molecule has 5 heteroatoms. The first-order valence-corrected chi connectivity index (χ1v) is 12.9. The number of nitrogens with two attached hydrogens (primary N) is 1. The zero-order chi connectivity index (χ0) is 20.3. The van der Waals surface area contributed by atoms with E-state index in [1.807, 2.05) is 0 Å². The number of Topliss-reactive ketones (excluding diaryl/α,β-unsaturated/α-hetero) is 1. The molecule has 1 unspecified atom stereocenters. The van der Waals surface area contributed by atoms with Crippen LogP contribution in [0, 0.1) is 34.5 Å². The Balaban J connectivity index is 1.59. The van der Waals surface area contributed by atoms with Gasteiger partial charge in [0.15, 0.2) is 0 Å². The van der Waals surface area contributed by atoms with E-state index in [2.05, 4.69) is 20.8 Å².